The Bertz CT molecular complexity index is 2310. The van der Waals surface area contributed by atoms with Crippen LogP contribution in [-0.2, 0) is 25.7 Å². The van der Waals surface area contributed by atoms with Gasteiger partial charge in [-0.05, 0) is 72.6 Å². The monoisotopic (exact) mass is 833 g/mol. The van der Waals surface area contributed by atoms with Crippen molar-refractivity contribution in [3.05, 3.63) is 107 Å². The maximum atomic E-state index is 15.4. The van der Waals surface area contributed by atoms with Gasteiger partial charge in [0.2, 0.25) is 23.6 Å². The highest BCUT2D eigenvalue weighted by molar-refractivity contribution is 7.13. The Kier molecular flexibility index (Phi) is 14.0. The first-order chi connectivity index (χ1) is 28.6. The number of aliphatic hydroxyl groups excluding tert-OH is 1. The van der Waals surface area contributed by atoms with Gasteiger partial charge in [-0.3, -0.25) is 29.1 Å². The van der Waals surface area contributed by atoms with Crippen molar-refractivity contribution in [3.8, 4) is 16.2 Å². The molecule has 14 heteroatoms. The van der Waals surface area contributed by atoms with E-state index in [2.05, 4.69) is 20.3 Å². The molecular formula is C46H55N7O6S. The van der Waals surface area contributed by atoms with E-state index in [1.807, 2.05) is 82.6 Å². The molecule has 0 spiro atoms. The first-order valence-electron chi connectivity index (χ1n) is 20.5. The summed E-state index contributed by atoms with van der Waals surface area (Å²) in [6, 6.07) is 13.7. The molecule has 4 heterocycles. The molecule has 0 aliphatic carbocycles. The van der Waals surface area contributed by atoms with Crippen molar-refractivity contribution in [1.29, 1.82) is 0 Å². The van der Waals surface area contributed by atoms with E-state index in [0.29, 0.717) is 42.3 Å². The van der Waals surface area contributed by atoms with Crippen molar-refractivity contribution in [1.82, 2.24) is 30.1 Å². The maximum Gasteiger partial charge on any atom is 0.246 e. The van der Waals surface area contributed by atoms with Gasteiger partial charge in [0.1, 0.15) is 23.3 Å². The zero-order chi connectivity index (χ0) is 43.1. The van der Waals surface area contributed by atoms with Crippen molar-refractivity contribution in [2.75, 3.05) is 6.54 Å². The van der Waals surface area contributed by atoms with Crippen LogP contribution in [0.5, 0.6) is 5.75 Å². The molecule has 13 nitrogen and oxygen atoms in total. The number of nitrogens with zero attached hydrogens (tertiary/aromatic N) is 5. The Balaban J connectivity index is 1.36. The first-order valence-corrected chi connectivity index (χ1v) is 21.4. The molecular weight excluding hydrogens is 779 g/mol. The lowest BCUT2D eigenvalue weighted by Gasteiger charge is -2.45. The molecule has 2 aromatic carbocycles. The number of fused-ring (bicyclic) bond motifs is 1. The quantitative estimate of drug-likeness (QED) is 0.0803. The number of phenolic OH excluding ortho intramolecular Hbond substituents is 1. The second kappa shape index (κ2) is 19.1. The van der Waals surface area contributed by atoms with E-state index in [4.69, 9.17) is 5.73 Å². The smallest absolute Gasteiger partial charge is 0.246 e. The van der Waals surface area contributed by atoms with Crippen LogP contribution >= 0.6 is 11.3 Å². The largest absolute Gasteiger partial charge is 0.505 e. The summed E-state index contributed by atoms with van der Waals surface area (Å²) >= 11 is 1.56. The standard InChI is InChI=1S/C46H55N7O6S/c1-28-22-35(41(57)39-34(28)13-11-21-49-39)40(32-12-10-20-48-25-32)53(38(56)15-9-7-6-8-14-37(47)55)43(46(3,4)5)45(59)52-26-33(54)23-36(52)44(58)50-24-30-16-18-31(19-17-30)42-29(2)51-27-60-42/h10-13,16-22,25,27,33,36,40,43,54,57H,6-9,14-15,23-24,26H2,1-5H3,(H2,47,55)(H,50,58)/t33-,36+,40?,43-/m0/s1. The van der Waals surface area contributed by atoms with E-state index in [1.165, 1.54) is 4.90 Å². The number of amides is 4. The van der Waals surface area contributed by atoms with Crippen LogP contribution in [-0.4, -0.2) is 83.3 Å². The molecule has 5 aromatic rings. The van der Waals surface area contributed by atoms with Gasteiger partial charge in [0.15, 0.2) is 0 Å². The number of hydrogen-bond acceptors (Lipinski definition) is 10. The van der Waals surface area contributed by atoms with Gasteiger partial charge in [0.05, 0.1) is 28.2 Å². The van der Waals surface area contributed by atoms with Crippen LogP contribution in [0.1, 0.15) is 99.7 Å². The van der Waals surface area contributed by atoms with Gasteiger partial charge >= 0.3 is 0 Å². The number of carbonyl (C=O) groups is 4. The highest BCUT2D eigenvalue weighted by atomic mass is 32.1. The van der Waals surface area contributed by atoms with Crippen LogP contribution < -0.4 is 11.1 Å². The number of nitrogens with one attached hydrogen (secondary N) is 1. The third-order valence-corrected chi connectivity index (χ3v) is 12.1. The molecule has 1 aliphatic rings. The number of rotatable bonds is 16. The second-order valence-electron chi connectivity index (χ2n) is 16.7. The fourth-order valence-electron chi connectivity index (χ4n) is 8.19. The number of aliphatic hydroxyl groups is 1. The van der Waals surface area contributed by atoms with E-state index in [9.17, 15) is 19.8 Å². The predicted molar refractivity (Wildman–Crippen MR) is 231 cm³/mol. The Morgan fingerprint density at radius 3 is 2.35 bits per heavy atom. The topological polar surface area (TPSA) is 192 Å². The predicted octanol–water partition coefficient (Wildman–Crippen LogP) is 6.51. The SMILES string of the molecule is Cc1ncsc1-c1ccc(CNC(=O)[C@H]2C[C@H](O)CN2C(=O)[C@H](N(C(=O)CCCCCCC(N)=O)C(c2cccnc2)c2cc(C)c3cccnc3c2O)C(C)(C)C)cc1. The van der Waals surface area contributed by atoms with E-state index in [1.54, 1.807) is 47.0 Å². The van der Waals surface area contributed by atoms with Crippen LogP contribution in [0, 0.1) is 19.3 Å². The minimum atomic E-state index is -1.17. The number of nitrogens with two attached hydrogens (primary N) is 1. The number of aromatic nitrogens is 3. The number of phenols is 1. The van der Waals surface area contributed by atoms with Crippen LogP contribution in [0.2, 0.25) is 0 Å². The normalized spacial score (nSPS) is 16.4. The number of aromatic hydroxyl groups is 1. The molecule has 1 saturated heterocycles. The summed E-state index contributed by atoms with van der Waals surface area (Å²) in [4.78, 5) is 73.0. The van der Waals surface area contributed by atoms with Gasteiger partial charge < -0.3 is 31.1 Å². The number of hydrogen-bond donors (Lipinski definition) is 4. The summed E-state index contributed by atoms with van der Waals surface area (Å²) in [5.74, 6) is -1.76. The Morgan fingerprint density at radius 2 is 1.70 bits per heavy atom. The maximum absolute atomic E-state index is 15.4. The van der Waals surface area contributed by atoms with Crippen LogP contribution in [0.25, 0.3) is 21.3 Å². The highest BCUT2D eigenvalue weighted by Gasteiger charge is 2.49. The van der Waals surface area contributed by atoms with Crippen LogP contribution in [0.4, 0.5) is 0 Å². The molecule has 5 N–H and O–H groups in total. The van der Waals surface area contributed by atoms with E-state index < -0.39 is 41.5 Å². The minimum Gasteiger partial charge on any atom is -0.505 e. The summed E-state index contributed by atoms with van der Waals surface area (Å²) in [7, 11) is 0. The van der Waals surface area contributed by atoms with Crippen LogP contribution in [0.3, 0.4) is 0 Å². The van der Waals surface area contributed by atoms with Crippen molar-refractivity contribution < 1.29 is 29.4 Å². The van der Waals surface area contributed by atoms with Crippen molar-refractivity contribution in [3.63, 3.8) is 0 Å². The lowest BCUT2D eigenvalue weighted by atomic mass is 9.81. The van der Waals surface area contributed by atoms with Gasteiger partial charge in [-0.2, -0.15) is 0 Å². The number of likely N-dealkylation sites (tertiary alicyclic amines) is 1. The number of thiazole rings is 1. The molecule has 0 bridgehead atoms. The number of pyridine rings is 2. The van der Waals surface area contributed by atoms with E-state index >= 15 is 9.59 Å². The lowest BCUT2D eigenvalue weighted by Crippen LogP contribution is -2.60. The molecule has 60 heavy (non-hydrogen) atoms. The number of primary amides is 1. The fraction of sp³-hybridized carbons (Fsp3) is 0.413. The highest BCUT2D eigenvalue weighted by Crippen LogP contribution is 2.43. The molecule has 316 valence electrons. The third-order valence-electron chi connectivity index (χ3n) is 11.2. The molecule has 0 saturated carbocycles. The molecule has 1 aliphatic heterocycles. The first kappa shape index (κ1) is 43.8. The van der Waals surface area contributed by atoms with Crippen molar-refractivity contribution in [2.45, 2.75) is 110 Å². The van der Waals surface area contributed by atoms with Gasteiger partial charge in [-0.15, -0.1) is 11.3 Å². The number of benzene rings is 2. The van der Waals surface area contributed by atoms with Gasteiger partial charge in [-0.25, -0.2) is 4.98 Å². The number of unbranched alkanes of at least 4 members (excludes halogenated alkanes) is 3. The second-order valence-corrected chi connectivity index (χ2v) is 17.6. The third kappa shape index (κ3) is 9.99. The van der Waals surface area contributed by atoms with Crippen LogP contribution in [0.15, 0.2) is 78.7 Å². The molecule has 3 aromatic heterocycles. The Hall–Kier alpha value is -5.73. The summed E-state index contributed by atoms with van der Waals surface area (Å²) in [5.41, 5.74) is 11.2. The fourth-order valence-corrected chi connectivity index (χ4v) is 9.00. The molecule has 6 rings (SSSR count). The van der Waals surface area contributed by atoms with Gasteiger partial charge in [-0.1, -0.05) is 70.0 Å². The zero-order valence-electron chi connectivity index (χ0n) is 34.9. The average Bonchev–Trinajstić information content (AvgIpc) is 3.84. The minimum absolute atomic E-state index is 0.0274. The molecule has 0 radical (unpaired) electrons. The Morgan fingerprint density at radius 1 is 0.983 bits per heavy atom. The summed E-state index contributed by atoms with van der Waals surface area (Å²) in [6.45, 7) is 9.58. The molecule has 4 atom stereocenters. The molecule has 1 unspecified atom stereocenters. The lowest BCUT2D eigenvalue weighted by molar-refractivity contribution is -0.155. The summed E-state index contributed by atoms with van der Waals surface area (Å²) in [5, 5.41) is 26.8. The van der Waals surface area contributed by atoms with Gasteiger partial charge in [0.25, 0.3) is 0 Å². The molecule has 4 amide bonds. The zero-order valence-corrected chi connectivity index (χ0v) is 35.7. The van der Waals surface area contributed by atoms with E-state index in [0.717, 1.165) is 32.6 Å². The summed E-state index contributed by atoms with van der Waals surface area (Å²) < 4.78 is 0. The Labute approximate surface area is 355 Å². The summed E-state index contributed by atoms with van der Waals surface area (Å²) in [6.07, 6.45) is 6.63. The van der Waals surface area contributed by atoms with E-state index in [-0.39, 0.29) is 49.9 Å². The number of β-amino-alcohol motifs (C(OH)–C–C–N with tert-alkyl or cyclic N) is 1. The van der Waals surface area contributed by atoms with Gasteiger partial charge in [0, 0.05) is 61.9 Å². The average molecular weight is 834 g/mol. The van der Waals surface area contributed by atoms with Crippen molar-refractivity contribution in [2.24, 2.45) is 11.1 Å². The molecule has 1 fully saturated rings. The number of carbonyl (C=O) groups excluding carboxylic acids is 4. The van der Waals surface area contributed by atoms with Crippen molar-refractivity contribution >= 4 is 45.9 Å². The number of aryl methyl sites for hydroxylation is 2.